The molecule has 0 spiro atoms. The van der Waals surface area contributed by atoms with Crippen molar-refractivity contribution in [1.82, 2.24) is 0 Å². The standard InChI is InChI=1S/C16H15F4NO/c1-21(2)12-9-7-11(8-10-12)15(22,16(18,19)20)13-5-3-4-6-14(13)17/h3-10,22H,1-2H3. The van der Waals surface area contributed by atoms with Crippen LogP contribution < -0.4 is 4.90 Å². The van der Waals surface area contributed by atoms with Gasteiger partial charge in [-0.05, 0) is 23.8 Å². The number of anilines is 1. The van der Waals surface area contributed by atoms with E-state index in [0.29, 0.717) is 5.69 Å². The van der Waals surface area contributed by atoms with Crippen LogP contribution in [0.3, 0.4) is 0 Å². The molecular weight excluding hydrogens is 298 g/mol. The van der Waals surface area contributed by atoms with E-state index in [1.54, 1.807) is 19.0 Å². The highest BCUT2D eigenvalue weighted by Gasteiger charge is 2.57. The molecule has 2 rings (SSSR count). The van der Waals surface area contributed by atoms with E-state index < -0.39 is 28.7 Å². The Morgan fingerprint density at radius 1 is 0.909 bits per heavy atom. The van der Waals surface area contributed by atoms with Crippen molar-refractivity contribution < 1.29 is 22.7 Å². The Morgan fingerprint density at radius 2 is 1.45 bits per heavy atom. The van der Waals surface area contributed by atoms with Crippen LogP contribution in [-0.4, -0.2) is 25.4 Å². The number of hydrogen-bond donors (Lipinski definition) is 1. The number of halogens is 4. The van der Waals surface area contributed by atoms with Gasteiger partial charge in [-0.2, -0.15) is 13.2 Å². The maximum atomic E-state index is 13.8. The minimum atomic E-state index is -5.06. The molecule has 2 aromatic carbocycles. The molecule has 0 aliphatic heterocycles. The average Bonchev–Trinajstić information content (AvgIpc) is 2.46. The first-order valence-corrected chi connectivity index (χ1v) is 6.50. The number of benzene rings is 2. The molecule has 1 unspecified atom stereocenters. The van der Waals surface area contributed by atoms with E-state index in [2.05, 4.69) is 0 Å². The largest absolute Gasteiger partial charge is 0.425 e. The Bertz CT molecular complexity index is 652. The van der Waals surface area contributed by atoms with Crippen LogP contribution >= 0.6 is 0 Å². The van der Waals surface area contributed by atoms with Crippen LogP contribution in [0.15, 0.2) is 48.5 Å². The van der Waals surface area contributed by atoms with Crippen LogP contribution in [0.25, 0.3) is 0 Å². The molecule has 0 saturated heterocycles. The fraction of sp³-hybridized carbons (Fsp3) is 0.250. The van der Waals surface area contributed by atoms with Gasteiger partial charge in [0.15, 0.2) is 0 Å². The van der Waals surface area contributed by atoms with E-state index in [-0.39, 0.29) is 0 Å². The highest BCUT2D eigenvalue weighted by molar-refractivity contribution is 5.49. The van der Waals surface area contributed by atoms with Gasteiger partial charge in [0.05, 0.1) is 0 Å². The molecule has 6 heteroatoms. The minimum absolute atomic E-state index is 0.435. The quantitative estimate of drug-likeness (QED) is 0.874. The summed E-state index contributed by atoms with van der Waals surface area (Å²) in [5.41, 5.74) is -3.99. The lowest BCUT2D eigenvalue weighted by molar-refractivity contribution is -0.249. The van der Waals surface area contributed by atoms with E-state index in [1.807, 2.05) is 0 Å². The van der Waals surface area contributed by atoms with Crippen LogP contribution in [0.4, 0.5) is 23.2 Å². The molecule has 22 heavy (non-hydrogen) atoms. The molecule has 0 fully saturated rings. The van der Waals surface area contributed by atoms with Gasteiger partial charge in [-0.1, -0.05) is 30.3 Å². The summed E-state index contributed by atoms with van der Waals surface area (Å²) < 4.78 is 54.3. The topological polar surface area (TPSA) is 23.5 Å². The first-order valence-electron chi connectivity index (χ1n) is 6.50. The first-order chi connectivity index (χ1) is 10.2. The molecule has 0 saturated carbocycles. The van der Waals surface area contributed by atoms with E-state index in [9.17, 15) is 22.7 Å². The summed E-state index contributed by atoms with van der Waals surface area (Å²) in [6, 6.07) is 9.52. The Balaban J connectivity index is 2.63. The van der Waals surface area contributed by atoms with Crippen LogP contribution in [0.2, 0.25) is 0 Å². The van der Waals surface area contributed by atoms with E-state index in [4.69, 9.17) is 0 Å². The molecule has 2 aromatic rings. The second kappa shape index (κ2) is 5.61. The van der Waals surface area contributed by atoms with Crippen molar-refractivity contribution in [3.8, 4) is 0 Å². The van der Waals surface area contributed by atoms with E-state index >= 15 is 0 Å². The van der Waals surface area contributed by atoms with Gasteiger partial charge in [0.2, 0.25) is 5.60 Å². The van der Waals surface area contributed by atoms with Crippen molar-refractivity contribution >= 4 is 5.69 Å². The van der Waals surface area contributed by atoms with Crippen LogP contribution in [0, 0.1) is 5.82 Å². The molecule has 0 aromatic heterocycles. The maximum absolute atomic E-state index is 13.8. The zero-order valence-electron chi connectivity index (χ0n) is 12.0. The fourth-order valence-electron chi connectivity index (χ4n) is 2.23. The highest BCUT2D eigenvalue weighted by Crippen LogP contribution is 2.45. The third-order valence-electron chi connectivity index (χ3n) is 3.48. The first kappa shape index (κ1) is 16.3. The van der Waals surface area contributed by atoms with Gasteiger partial charge < -0.3 is 10.0 Å². The van der Waals surface area contributed by atoms with Crippen molar-refractivity contribution in [2.75, 3.05) is 19.0 Å². The summed E-state index contributed by atoms with van der Waals surface area (Å²) in [7, 11) is 3.48. The molecule has 0 radical (unpaired) electrons. The molecular formula is C16H15F4NO. The normalized spacial score (nSPS) is 14.5. The summed E-state index contributed by atoms with van der Waals surface area (Å²) in [5, 5.41) is 10.3. The number of aliphatic hydroxyl groups is 1. The third-order valence-corrected chi connectivity index (χ3v) is 3.48. The minimum Gasteiger partial charge on any atom is -0.378 e. The molecule has 0 bridgehead atoms. The second-order valence-electron chi connectivity index (χ2n) is 5.13. The van der Waals surface area contributed by atoms with Crippen LogP contribution in [0.1, 0.15) is 11.1 Å². The number of rotatable bonds is 3. The Hall–Kier alpha value is -2.08. The van der Waals surface area contributed by atoms with Crippen molar-refractivity contribution in [2.45, 2.75) is 11.8 Å². The number of hydrogen-bond acceptors (Lipinski definition) is 2. The lowest BCUT2D eigenvalue weighted by Crippen LogP contribution is -2.44. The molecule has 1 atom stereocenters. The Morgan fingerprint density at radius 3 is 1.91 bits per heavy atom. The van der Waals surface area contributed by atoms with Crippen molar-refractivity contribution in [3.05, 3.63) is 65.5 Å². The molecule has 0 aliphatic carbocycles. The summed E-state index contributed by atoms with van der Waals surface area (Å²) >= 11 is 0. The fourth-order valence-corrected chi connectivity index (χ4v) is 2.23. The maximum Gasteiger partial charge on any atom is 0.425 e. The Kier molecular flexibility index (Phi) is 4.15. The molecule has 118 valence electrons. The molecule has 0 heterocycles. The second-order valence-corrected chi connectivity index (χ2v) is 5.13. The summed E-state index contributed by atoms with van der Waals surface area (Å²) in [5.74, 6) is -1.11. The molecule has 0 amide bonds. The van der Waals surface area contributed by atoms with Gasteiger partial charge in [0.1, 0.15) is 5.82 Å². The Labute approximate surface area is 125 Å². The summed E-state index contributed by atoms with van der Waals surface area (Å²) in [4.78, 5) is 1.71. The summed E-state index contributed by atoms with van der Waals surface area (Å²) in [6.45, 7) is 0. The van der Waals surface area contributed by atoms with Crippen LogP contribution in [0.5, 0.6) is 0 Å². The number of alkyl halides is 3. The zero-order chi connectivity index (χ0) is 16.5. The predicted octanol–water partition coefficient (Wildman–Crippen LogP) is 3.69. The zero-order valence-corrected chi connectivity index (χ0v) is 12.0. The van der Waals surface area contributed by atoms with E-state index in [1.165, 1.54) is 24.3 Å². The van der Waals surface area contributed by atoms with Gasteiger partial charge >= 0.3 is 6.18 Å². The van der Waals surface area contributed by atoms with Crippen LogP contribution in [-0.2, 0) is 5.60 Å². The van der Waals surface area contributed by atoms with Crippen molar-refractivity contribution in [1.29, 1.82) is 0 Å². The molecule has 0 aliphatic rings. The molecule has 2 nitrogen and oxygen atoms in total. The van der Waals surface area contributed by atoms with E-state index in [0.717, 1.165) is 24.3 Å². The lowest BCUT2D eigenvalue weighted by atomic mass is 9.85. The SMILES string of the molecule is CN(C)c1ccc(C(O)(c2ccccc2F)C(F)(F)F)cc1. The predicted molar refractivity (Wildman–Crippen MR) is 76.2 cm³/mol. The summed E-state index contributed by atoms with van der Waals surface area (Å²) in [6.07, 6.45) is -5.06. The lowest BCUT2D eigenvalue weighted by Gasteiger charge is -2.32. The van der Waals surface area contributed by atoms with Crippen molar-refractivity contribution in [3.63, 3.8) is 0 Å². The number of nitrogens with zero attached hydrogens (tertiary/aromatic N) is 1. The van der Waals surface area contributed by atoms with Gasteiger partial charge in [-0.25, -0.2) is 4.39 Å². The molecule has 1 N–H and O–H groups in total. The highest BCUT2D eigenvalue weighted by atomic mass is 19.4. The van der Waals surface area contributed by atoms with Gasteiger partial charge in [-0.3, -0.25) is 0 Å². The third kappa shape index (κ3) is 2.66. The van der Waals surface area contributed by atoms with Crippen molar-refractivity contribution in [2.24, 2.45) is 0 Å². The van der Waals surface area contributed by atoms with Gasteiger partial charge in [-0.15, -0.1) is 0 Å². The smallest absolute Gasteiger partial charge is 0.378 e. The monoisotopic (exact) mass is 313 g/mol. The average molecular weight is 313 g/mol. The van der Waals surface area contributed by atoms with Gasteiger partial charge in [0.25, 0.3) is 0 Å². The van der Waals surface area contributed by atoms with Gasteiger partial charge in [0, 0.05) is 25.3 Å².